The van der Waals surface area contributed by atoms with E-state index in [1.165, 1.54) is 17.6 Å². The lowest BCUT2D eigenvalue weighted by molar-refractivity contribution is 0.0533. The van der Waals surface area contributed by atoms with Crippen molar-refractivity contribution in [1.82, 2.24) is 0 Å². The summed E-state index contributed by atoms with van der Waals surface area (Å²) in [6.45, 7) is 2.06. The summed E-state index contributed by atoms with van der Waals surface area (Å²) >= 11 is 1.29. The fourth-order valence-corrected chi connectivity index (χ4v) is 2.63. The highest BCUT2D eigenvalue weighted by molar-refractivity contribution is 7.21. The molecule has 1 heterocycles. The van der Waals surface area contributed by atoms with Crippen LogP contribution in [0.1, 0.15) is 22.2 Å². The summed E-state index contributed by atoms with van der Waals surface area (Å²) in [5, 5.41) is 12.2. The smallest absolute Gasteiger partial charge is 0.350 e. The number of ether oxygens (including phenoxy) is 1. The van der Waals surface area contributed by atoms with E-state index in [2.05, 4.69) is 5.16 Å². The van der Waals surface area contributed by atoms with Crippen molar-refractivity contribution in [3.8, 4) is 0 Å². The molecular formula is C12H12N2O3S. The Morgan fingerprint density at radius 1 is 1.61 bits per heavy atom. The molecule has 0 amide bonds. The Labute approximate surface area is 107 Å². The van der Waals surface area contributed by atoms with Crippen LogP contribution in [0, 0.1) is 0 Å². The second-order valence-electron chi connectivity index (χ2n) is 3.57. The molecule has 94 valence electrons. The molecule has 0 bridgehead atoms. The van der Waals surface area contributed by atoms with Gasteiger partial charge in [-0.2, -0.15) is 0 Å². The largest absolute Gasteiger partial charge is 0.462 e. The Hall–Kier alpha value is -2.08. The third-order valence-corrected chi connectivity index (χ3v) is 3.58. The SMILES string of the molecule is CCOC(=O)c1sc2ccc(C=NO)cc2c1N. The van der Waals surface area contributed by atoms with Crippen molar-refractivity contribution in [2.24, 2.45) is 5.16 Å². The minimum atomic E-state index is -0.409. The predicted molar refractivity (Wildman–Crippen MR) is 71.6 cm³/mol. The van der Waals surface area contributed by atoms with Gasteiger partial charge in [-0.05, 0) is 24.6 Å². The highest BCUT2D eigenvalue weighted by Gasteiger charge is 2.17. The van der Waals surface area contributed by atoms with Gasteiger partial charge in [0.1, 0.15) is 4.88 Å². The van der Waals surface area contributed by atoms with E-state index in [9.17, 15) is 4.79 Å². The Bertz CT molecular complexity index is 619. The van der Waals surface area contributed by atoms with Crippen LogP contribution >= 0.6 is 11.3 Å². The van der Waals surface area contributed by atoms with Crippen LogP contribution in [0.3, 0.4) is 0 Å². The lowest BCUT2D eigenvalue weighted by Crippen LogP contribution is -2.04. The van der Waals surface area contributed by atoms with Crippen LogP contribution in [-0.2, 0) is 4.74 Å². The Balaban J connectivity index is 2.52. The number of esters is 1. The molecule has 5 nitrogen and oxygen atoms in total. The molecule has 2 rings (SSSR count). The quantitative estimate of drug-likeness (QED) is 0.386. The minimum Gasteiger partial charge on any atom is -0.462 e. The lowest BCUT2D eigenvalue weighted by atomic mass is 10.1. The number of carbonyl (C=O) groups is 1. The van der Waals surface area contributed by atoms with E-state index in [1.807, 2.05) is 6.07 Å². The standard InChI is InChI=1S/C12H12N2O3S/c1-2-17-12(15)11-10(13)8-5-7(6-14-16)3-4-9(8)18-11/h3-6,16H,2,13H2,1H3. The molecule has 0 fully saturated rings. The number of rotatable bonds is 3. The van der Waals surface area contributed by atoms with Gasteiger partial charge in [-0.3, -0.25) is 0 Å². The lowest BCUT2D eigenvalue weighted by Gasteiger charge is -1.99. The van der Waals surface area contributed by atoms with Crippen LogP contribution in [0.25, 0.3) is 10.1 Å². The van der Waals surface area contributed by atoms with E-state index in [-0.39, 0.29) is 0 Å². The first-order valence-corrected chi connectivity index (χ1v) is 6.15. The van der Waals surface area contributed by atoms with E-state index in [0.29, 0.717) is 22.7 Å². The second-order valence-corrected chi connectivity index (χ2v) is 4.62. The second kappa shape index (κ2) is 5.05. The Morgan fingerprint density at radius 2 is 2.39 bits per heavy atom. The molecule has 6 heteroatoms. The molecule has 0 unspecified atom stereocenters. The van der Waals surface area contributed by atoms with Gasteiger partial charge in [0, 0.05) is 10.1 Å². The highest BCUT2D eigenvalue weighted by atomic mass is 32.1. The van der Waals surface area contributed by atoms with Crippen LogP contribution in [0.2, 0.25) is 0 Å². The first-order chi connectivity index (χ1) is 8.67. The molecule has 18 heavy (non-hydrogen) atoms. The third kappa shape index (κ3) is 2.14. The van der Waals surface area contributed by atoms with E-state index in [1.54, 1.807) is 19.1 Å². The van der Waals surface area contributed by atoms with Gasteiger partial charge in [-0.25, -0.2) is 4.79 Å². The van der Waals surface area contributed by atoms with E-state index < -0.39 is 5.97 Å². The number of anilines is 1. The summed E-state index contributed by atoms with van der Waals surface area (Å²) in [6, 6.07) is 5.38. The van der Waals surface area contributed by atoms with E-state index in [4.69, 9.17) is 15.7 Å². The Morgan fingerprint density at radius 3 is 3.06 bits per heavy atom. The zero-order valence-corrected chi connectivity index (χ0v) is 10.5. The van der Waals surface area contributed by atoms with Gasteiger partial charge in [0.25, 0.3) is 0 Å². The minimum absolute atomic E-state index is 0.314. The number of nitrogen functional groups attached to an aromatic ring is 1. The Kier molecular flexibility index (Phi) is 3.47. The zero-order chi connectivity index (χ0) is 13.1. The fraction of sp³-hybridized carbons (Fsp3) is 0.167. The molecule has 2 aromatic rings. The van der Waals surface area contributed by atoms with Crippen molar-refractivity contribution in [2.75, 3.05) is 12.3 Å². The number of nitrogens with two attached hydrogens (primary N) is 1. The first-order valence-electron chi connectivity index (χ1n) is 5.34. The van der Waals surface area contributed by atoms with E-state index >= 15 is 0 Å². The predicted octanol–water partition coefficient (Wildman–Crippen LogP) is 2.47. The number of fused-ring (bicyclic) bond motifs is 1. The monoisotopic (exact) mass is 264 g/mol. The van der Waals surface area contributed by atoms with Gasteiger partial charge < -0.3 is 15.7 Å². The first kappa shape index (κ1) is 12.4. The maximum atomic E-state index is 11.7. The number of thiophene rings is 1. The molecule has 1 aromatic heterocycles. The summed E-state index contributed by atoms with van der Waals surface area (Å²) in [5.74, 6) is -0.409. The molecule has 0 saturated heterocycles. The van der Waals surface area contributed by atoms with Crippen molar-refractivity contribution in [3.05, 3.63) is 28.6 Å². The molecule has 0 aliphatic rings. The summed E-state index contributed by atoms with van der Waals surface area (Å²) in [4.78, 5) is 12.1. The molecule has 0 saturated carbocycles. The summed E-state index contributed by atoms with van der Waals surface area (Å²) in [6.07, 6.45) is 1.31. The topological polar surface area (TPSA) is 84.9 Å². The number of hydrogen-bond donors (Lipinski definition) is 2. The van der Waals surface area contributed by atoms with Gasteiger partial charge in [-0.15, -0.1) is 11.3 Å². The third-order valence-electron chi connectivity index (χ3n) is 2.42. The van der Waals surface area contributed by atoms with Crippen molar-refractivity contribution < 1.29 is 14.7 Å². The molecule has 0 spiro atoms. The van der Waals surface area contributed by atoms with Gasteiger partial charge in [0.05, 0.1) is 18.5 Å². The number of benzene rings is 1. The summed E-state index contributed by atoms with van der Waals surface area (Å²) < 4.78 is 5.84. The molecule has 0 aliphatic carbocycles. The van der Waals surface area contributed by atoms with Crippen molar-refractivity contribution in [2.45, 2.75) is 6.92 Å². The van der Waals surface area contributed by atoms with Crippen LogP contribution < -0.4 is 5.73 Å². The van der Waals surface area contributed by atoms with Gasteiger partial charge in [0.2, 0.25) is 0 Å². The molecular weight excluding hydrogens is 252 g/mol. The molecule has 1 aromatic carbocycles. The van der Waals surface area contributed by atoms with Crippen LogP contribution in [-0.4, -0.2) is 24.0 Å². The molecule has 0 aliphatic heterocycles. The van der Waals surface area contributed by atoms with E-state index in [0.717, 1.165) is 10.1 Å². The van der Waals surface area contributed by atoms with Gasteiger partial charge >= 0.3 is 5.97 Å². The van der Waals surface area contributed by atoms with Gasteiger partial charge in [-0.1, -0.05) is 11.2 Å². The van der Waals surface area contributed by atoms with Crippen LogP contribution in [0.5, 0.6) is 0 Å². The number of hydrogen-bond acceptors (Lipinski definition) is 6. The van der Waals surface area contributed by atoms with Gasteiger partial charge in [0.15, 0.2) is 0 Å². The average molecular weight is 264 g/mol. The van der Waals surface area contributed by atoms with Crippen LogP contribution in [0.4, 0.5) is 5.69 Å². The maximum absolute atomic E-state index is 11.7. The zero-order valence-electron chi connectivity index (χ0n) is 9.71. The number of oxime groups is 1. The molecule has 3 N–H and O–H groups in total. The normalized spacial score (nSPS) is 11.2. The summed E-state index contributed by atoms with van der Waals surface area (Å²) in [5.41, 5.74) is 7.05. The maximum Gasteiger partial charge on any atom is 0.350 e. The van der Waals surface area contributed by atoms with Crippen molar-refractivity contribution in [3.63, 3.8) is 0 Å². The molecule has 0 radical (unpaired) electrons. The highest BCUT2D eigenvalue weighted by Crippen LogP contribution is 2.34. The number of nitrogens with zero attached hydrogens (tertiary/aromatic N) is 1. The van der Waals surface area contributed by atoms with Crippen molar-refractivity contribution in [1.29, 1.82) is 0 Å². The average Bonchev–Trinajstić information content (AvgIpc) is 2.68. The number of carbonyl (C=O) groups excluding carboxylic acids is 1. The molecule has 0 atom stereocenters. The fourth-order valence-electron chi connectivity index (χ4n) is 1.63. The van der Waals surface area contributed by atoms with Crippen LogP contribution in [0.15, 0.2) is 23.4 Å². The summed E-state index contributed by atoms with van der Waals surface area (Å²) in [7, 11) is 0. The van der Waals surface area contributed by atoms with Crippen molar-refractivity contribution >= 4 is 39.3 Å².